The molecule has 1 saturated carbocycles. The Bertz CT molecular complexity index is 306. The van der Waals surface area contributed by atoms with Crippen molar-refractivity contribution in [2.75, 3.05) is 26.7 Å². The zero-order chi connectivity index (χ0) is 11.9. The van der Waals surface area contributed by atoms with Gasteiger partial charge in [-0.25, -0.2) is 0 Å². The molecule has 0 amide bonds. The van der Waals surface area contributed by atoms with Gasteiger partial charge in [0.1, 0.15) is 0 Å². The van der Waals surface area contributed by atoms with Crippen molar-refractivity contribution in [3.8, 4) is 0 Å². The van der Waals surface area contributed by atoms with E-state index in [9.17, 15) is 0 Å². The van der Waals surface area contributed by atoms with E-state index in [4.69, 9.17) is 0 Å². The molecule has 2 heteroatoms. The summed E-state index contributed by atoms with van der Waals surface area (Å²) in [5.74, 6) is 0.967. The summed E-state index contributed by atoms with van der Waals surface area (Å²) in [7, 11) is 2.19. The first kappa shape index (κ1) is 12.6. The van der Waals surface area contributed by atoms with Gasteiger partial charge in [-0.1, -0.05) is 36.8 Å². The van der Waals surface area contributed by atoms with Crippen molar-refractivity contribution in [1.82, 2.24) is 10.2 Å². The molecule has 2 nitrogen and oxygen atoms in total. The number of nitrogens with one attached hydrogen (secondary N) is 1. The van der Waals surface area contributed by atoms with E-state index >= 15 is 0 Å². The minimum Gasteiger partial charge on any atom is -0.315 e. The summed E-state index contributed by atoms with van der Waals surface area (Å²) < 4.78 is 0. The van der Waals surface area contributed by atoms with E-state index in [0.29, 0.717) is 0 Å². The lowest BCUT2D eigenvalue weighted by atomic mass is 9.85. The van der Waals surface area contributed by atoms with Crippen LogP contribution in [0.25, 0.3) is 0 Å². The van der Waals surface area contributed by atoms with Crippen LogP contribution in [0.1, 0.15) is 24.8 Å². The molecule has 0 saturated heterocycles. The van der Waals surface area contributed by atoms with Crippen LogP contribution in [-0.4, -0.2) is 31.6 Å². The van der Waals surface area contributed by atoms with Crippen molar-refractivity contribution in [1.29, 1.82) is 0 Å². The van der Waals surface area contributed by atoms with E-state index in [-0.39, 0.29) is 0 Å². The summed E-state index contributed by atoms with van der Waals surface area (Å²) in [5, 5.41) is 3.56. The molecule has 2 rings (SSSR count). The summed E-state index contributed by atoms with van der Waals surface area (Å²) in [6.45, 7) is 4.51. The van der Waals surface area contributed by atoms with Gasteiger partial charge in [0.2, 0.25) is 0 Å². The standard InChI is InChI=1S/C15H24N2/c1-17(13-15-6-3-2-4-7-15)11-10-16-12-14-8-5-9-14/h2-4,6-7,14,16H,5,8-13H2,1H3. The predicted octanol–water partition coefficient (Wildman–Crippen LogP) is 2.51. The molecule has 1 aliphatic rings. The van der Waals surface area contributed by atoms with Crippen LogP contribution >= 0.6 is 0 Å². The smallest absolute Gasteiger partial charge is 0.0231 e. The third-order valence-electron chi connectivity index (χ3n) is 3.62. The summed E-state index contributed by atoms with van der Waals surface area (Å²) in [6.07, 6.45) is 4.32. The highest BCUT2D eigenvalue weighted by atomic mass is 15.1. The topological polar surface area (TPSA) is 15.3 Å². The van der Waals surface area contributed by atoms with Crippen LogP contribution in [0, 0.1) is 5.92 Å². The van der Waals surface area contributed by atoms with E-state index in [1.54, 1.807) is 0 Å². The van der Waals surface area contributed by atoms with Crippen molar-refractivity contribution >= 4 is 0 Å². The van der Waals surface area contributed by atoms with Crippen LogP contribution in [0.4, 0.5) is 0 Å². The Labute approximate surface area is 105 Å². The highest BCUT2D eigenvalue weighted by molar-refractivity contribution is 5.14. The fraction of sp³-hybridized carbons (Fsp3) is 0.600. The van der Waals surface area contributed by atoms with Gasteiger partial charge in [0.25, 0.3) is 0 Å². The first-order chi connectivity index (χ1) is 8.34. The predicted molar refractivity (Wildman–Crippen MR) is 73.0 cm³/mol. The maximum atomic E-state index is 3.56. The molecule has 0 radical (unpaired) electrons. The average Bonchev–Trinajstić information content (AvgIpc) is 2.27. The SMILES string of the molecule is CN(CCNCC1CCC1)Cc1ccccc1. The molecule has 1 aliphatic carbocycles. The molecule has 0 atom stereocenters. The molecule has 0 aliphatic heterocycles. The quantitative estimate of drug-likeness (QED) is 0.727. The van der Waals surface area contributed by atoms with Gasteiger partial charge in [0.05, 0.1) is 0 Å². The highest BCUT2D eigenvalue weighted by Crippen LogP contribution is 2.24. The van der Waals surface area contributed by atoms with Crippen LogP contribution < -0.4 is 5.32 Å². The minimum atomic E-state index is 0.967. The van der Waals surface area contributed by atoms with Gasteiger partial charge >= 0.3 is 0 Å². The Morgan fingerprint density at radius 1 is 1.24 bits per heavy atom. The minimum absolute atomic E-state index is 0.967. The normalized spacial score (nSPS) is 16.1. The number of likely N-dealkylation sites (N-methyl/N-ethyl adjacent to an activating group) is 1. The molecule has 0 bridgehead atoms. The largest absolute Gasteiger partial charge is 0.315 e. The molecule has 17 heavy (non-hydrogen) atoms. The van der Waals surface area contributed by atoms with E-state index in [0.717, 1.165) is 25.6 Å². The maximum Gasteiger partial charge on any atom is 0.0231 e. The molecule has 1 aromatic carbocycles. The molecular weight excluding hydrogens is 208 g/mol. The van der Waals surface area contributed by atoms with Gasteiger partial charge in [-0.2, -0.15) is 0 Å². The molecule has 0 spiro atoms. The number of benzene rings is 1. The van der Waals surface area contributed by atoms with E-state index < -0.39 is 0 Å². The monoisotopic (exact) mass is 232 g/mol. The number of hydrogen-bond acceptors (Lipinski definition) is 2. The van der Waals surface area contributed by atoms with Crippen LogP contribution in [0.2, 0.25) is 0 Å². The first-order valence-corrected chi connectivity index (χ1v) is 6.78. The summed E-state index contributed by atoms with van der Waals surface area (Å²) in [6, 6.07) is 10.7. The number of nitrogens with zero attached hydrogens (tertiary/aromatic N) is 1. The van der Waals surface area contributed by atoms with Gasteiger partial charge < -0.3 is 10.2 Å². The highest BCUT2D eigenvalue weighted by Gasteiger charge is 2.16. The second-order valence-electron chi connectivity index (χ2n) is 5.22. The zero-order valence-corrected chi connectivity index (χ0v) is 10.9. The molecule has 94 valence electrons. The van der Waals surface area contributed by atoms with Crippen LogP contribution in [-0.2, 0) is 6.54 Å². The Kier molecular flexibility index (Phi) is 5.02. The van der Waals surface area contributed by atoms with Crippen molar-refractivity contribution in [3.05, 3.63) is 35.9 Å². The third kappa shape index (κ3) is 4.49. The second-order valence-corrected chi connectivity index (χ2v) is 5.22. The first-order valence-electron chi connectivity index (χ1n) is 6.78. The fourth-order valence-corrected chi connectivity index (χ4v) is 2.25. The zero-order valence-electron chi connectivity index (χ0n) is 10.9. The number of rotatable bonds is 7. The molecule has 1 fully saturated rings. The molecule has 1 aromatic rings. The van der Waals surface area contributed by atoms with E-state index in [1.807, 2.05) is 0 Å². The Hall–Kier alpha value is -0.860. The summed E-state index contributed by atoms with van der Waals surface area (Å²) >= 11 is 0. The van der Waals surface area contributed by atoms with Gasteiger partial charge in [0.15, 0.2) is 0 Å². The Morgan fingerprint density at radius 3 is 2.65 bits per heavy atom. The van der Waals surface area contributed by atoms with Crippen molar-refractivity contribution in [2.24, 2.45) is 5.92 Å². The Morgan fingerprint density at radius 2 is 2.00 bits per heavy atom. The third-order valence-corrected chi connectivity index (χ3v) is 3.62. The van der Waals surface area contributed by atoms with Crippen LogP contribution in [0.5, 0.6) is 0 Å². The van der Waals surface area contributed by atoms with Crippen molar-refractivity contribution < 1.29 is 0 Å². The van der Waals surface area contributed by atoms with Gasteiger partial charge in [0, 0.05) is 19.6 Å². The lowest BCUT2D eigenvalue weighted by molar-refractivity contribution is 0.283. The van der Waals surface area contributed by atoms with Crippen molar-refractivity contribution in [3.63, 3.8) is 0 Å². The molecule has 1 N–H and O–H groups in total. The summed E-state index contributed by atoms with van der Waals surface area (Å²) in [4.78, 5) is 2.38. The van der Waals surface area contributed by atoms with Gasteiger partial charge in [-0.05, 0) is 37.9 Å². The number of hydrogen-bond donors (Lipinski definition) is 1. The second kappa shape index (κ2) is 6.77. The van der Waals surface area contributed by atoms with E-state index in [2.05, 4.69) is 47.6 Å². The Balaban J connectivity index is 1.55. The lowest BCUT2D eigenvalue weighted by Gasteiger charge is -2.26. The summed E-state index contributed by atoms with van der Waals surface area (Å²) in [5.41, 5.74) is 1.40. The van der Waals surface area contributed by atoms with E-state index in [1.165, 1.54) is 31.4 Å². The molecule has 0 unspecified atom stereocenters. The van der Waals surface area contributed by atoms with Gasteiger partial charge in [-0.15, -0.1) is 0 Å². The average molecular weight is 232 g/mol. The van der Waals surface area contributed by atoms with Crippen molar-refractivity contribution in [2.45, 2.75) is 25.8 Å². The lowest BCUT2D eigenvalue weighted by Crippen LogP contribution is -2.33. The molecule has 0 heterocycles. The fourth-order valence-electron chi connectivity index (χ4n) is 2.25. The van der Waals surface area contributed by atoms with Gasteiger partial charge in [-0.3, -0.25) is 0 Å². The van der Waals surface area contributed by atoms with Crippen LogP contribution in [0.3, 0.4) is 0 Å². The maximum absolute atomic E-state index is 3.56. The van der Waals surface area contributed by atoms with Crippen LogP contribution in [0.15, 0.2) is 30.3 Å². The molecular formula is C15H24N2. The molecule has 0 aromatic heterocycles.